The molecule has 0 aliphatic carbocycles. The highest BCUT2D eigenvalue weighted by molar-refractivity contribution is 5.68. The van der Waals surface area contributed by atoms with Gasteiger partial charge in [-0.05, 0) is 52.1 Å². The summed E-state index contributed by atoms with van der Waals surface area (Å²) in [6.07, 6.45) is -0.784. The number of carbonyl (C=O) groups is 1. The predicted octanol–water partition coefficient (Wildman–Crippen LogP) is 2.25. The van der Waals surface area contributed by atoms with Gasteiger partial charge < -0.3 is 15.4 Å². The highest BCUT2D eigenvalue weighted by Crippen LogP contribution is 2.32. The molecule has 0 fully saturated rings. The minimum Gasteiger partial charge on any atom is -0.410 e. The van der Waals surface area contributed by atoms with E-state index in [0.717, 1.165) is 11.1 Å². The summed E-state index contributed by atoms with van der Waals surface area (Å²) in [4.78, 5) is 12.9. The first-order chi connectivity index (χ1) is 7.76. The van der Waals surface area contributed by atoms with Crippen LogP contribution in [-0.2, 0) is 5.54 Å². The third-order valence-corrected chi connectivity index (χ3v) is 3.27. The molecule has 4 heteroatoms. The van der Waals surface area contributed by atoms with Gasteiger partial charge in [-0.25, -0.2) is 4.79 Å². The molecule has 0 saturated carbocycles. The van der Waals surface area contributed by atoms with Gasteiger partial charge in [-0.3, -0.25) is 0 Å². The summed E-state index contributed by atoms with van der Waals surface area (Å²) < 4.78 is 4.98. The molecule has 1 aromatic carbocycles. The second-order valence-electron chi connectivity index (χ2n) is 4.80. The lowest BCUT2D eigenvalue weighted by molar-refractivity contribution is 0.195. The Morgan fingerprint density at radius 1 is 1.35 bits per heavy atom. The smallest absolute Gasteiger partial charge is 0.409 e. The van der Waals surface area contributed by atoms with Gasteiger partial charge in [0, 0.05) is 5.54 Å². The predicted molar refractivity (Wildman–Crippen MR) is 68.1 cm³/mol. The maximum absolute atomic E-state index is 10.8. The molecule has 2 N–H and O–H groups in total. The fraction of sp³-hybridized carbons (Fsp3) is 0.462. The van der Waals surface area contributed by atoms with Gasteiger partial charge in [0.05, 0.1) is 0 Å². The van der Waals surface area contributed by atoms with Gasteiger partial charge in [0.25, 0.3) is 0 Å². The Morgan fingerprint density at radius 2 is 1.94 bits per heavy atom. The minimum atomic E-state index is -0.784. The van der Waals surface area contributed by atoms with E-state index in [1.54, 1.807) is 6.07 Å². The maximum atomic E-state index is 10.8. The number of benzene rings is 1. The maximum Gasteiger partial charge on any atom is 0.409 e. The number of primary amides is 1. The largest absolute Gasteiger partial charge is 0.410 e. The zero-order valence-electron chi connectivity index (χ0n) is 11.1. The van der Waals surface area contributed by atoms with Crippen molar-refractivity contribution in [2.24, 2.45) is 5.73 Å². The summed E-state index contributed by atoms with van der Waals surface area (Å²) in [6.45, 7) is 6.16. The van der Waals surface area contributed by atoms with Crippen LogP contribution in [-0.4, -0.2) is 25.1 Å². The summed E-state index contributed by atoms with van der Waals surface area (Å²) >= 11 is 0. The van der Waals surface area contributed by atoms with Crippen LogP contribution in [0.3, 0.4) is 0 Å². The molecule has 1 amide bonds. The van der Waals surface area contributed by atoms with Crippen LogP contribution in [0.5, 0.6) is 5.75 Å². The van der Waals surface area contributed by atoms with Crippen molar-refractivity contribution in [1.82, 2.24) is 4.90 Å². The quantitative estimate of drug-likeness (QED) is 0.875. The molecule has 1 rings (SSSR count). The molecular weight excluding hydrogens is 216 g/mol. The lowest BCUT2D eigenvalue weighted by Crippen LogP contribution is -2.36. The molecule has 0 radical (unpaired) electrons. The van der Waals surface area contributed by atoms with Crippen LogP contribution in [0.2, 0.25) is 0 Å². The highest BCUT2D eigenvalue weighted by Gasteiger charge is 2.26. The number of ether oxygens (including phenoxy) is 1. The number of nitrogens with zero attached hydrogens (tertiary/aromatic N) is 1. The van der Waals surface area contributed by atoms with E-state index < -0.39 is 6.09 Å². The summed E-state index contributed by atoms with van der Waals surface area (Å²) in [5.41, 5.74) is 6.95. The number of carbonyl (C=O) groups excluding carboxylic acids is 1. The molecule has 0 spiro atoms. The van der Waals surface area contributed by atoms with E-state index >= 15 is 0 Å². The molecule has 0 saturated heterocycles. The minimum absolute atomic E-state index is 0.138. The first-order valence-corrected chi connectivity index (χ1v) is 5.51. The molecule has 17 heavy (non-hydrogen) atoms. The Hall–Kier alpha value is -1.55. The van der Waals surface area contributed by atoms with Crippen molar-refractivity contribution < 1.29 is 9.53 Å². The Balaban J connectivity index is 3.23. The van der Waals surface area contributed by atoms with Crippen LogP contribution < -0.4 is 10.5 Å². The molecule has 1 aromatic rings. The molecule has 0 unspecified atom stereocenters. The lowest BCUT2D eigenvalue weighted by Gasteiger charge is -2.34. The topological polar surface area (TPSA) is 55.6 Å². The van der Waals surface area contributed by atoms with E-state index in [9.17, 15) is 4.79 Å². The second-order valence-corrected chi connectivity index (χ2v) is 4.80. The van der Waals surface area contributed by atoms with Crippen LogP contribution in [0.4, 0.5) is 4.79 Å². The van der Waals surface area contributed by atoms with Crippen molar-refractivity contribution >= 4 is 6.09 Å². The van der Waals surface area contributed by atoms with Crippen LogP contribution in [0.15, 0.2) is 18.2 Å². The Bertz CT molecular complexity index is 425. The van der Waals surface area contributed by atoms with Gasteiger partial charge in [0.15, 0.2) is 0 Å². The third-order valence-electron chi connectivity index (χ3n) is 3.27. The number of hydrogen-bond donors (Lipinski definition) is 1. The van der Waals surface area contributed by atoms with Crippen molar-refractivity contribution in [1.29, 1.82) is 0 Å². The Morgan fingerprint density at radius 3 is 2.41 bits per heavy atom. The van der Waals surface area contributed by atoms with Crippen LogP contribution >= 0.6 is 0 Å². The Kier molecular flexibility index (Phi) is 3.78. The third kappa shape index (κ3) is 2.77. The van der Waals surface area contributed by atoms with Crippen LogP contribution in [0, 0.1) is 6.92 Å². The van der Waals surface area contributed by atoms with Gasteiger partial charge in [0.2, 0.25) is 0 Å². The van der Waals surface area contributed by atoms with Crippen molar-refractivity contribution in [3.63, 3.8) is 0 Å². The summed E-state index contributed by atoms with van der Waals surface area (Å²) in [6, 6.07) is 5.64. The first kappa shape index (κ1) is 13.5. The summed E-state index contributed by atoms with van der Waals surface area (Å²) in [7, 11) is 4.03. The monoisotopic (exact) mass is 236 g/mol. The van der Waals surface area contributed by atoms with Crippen molar-refractivity contribution in [2.45, 2.75) is 26.3 Å². The number of nitrogens with two attached hydrogens (primary N) is 1. The van der Waals surface area contributed by atoms with E-state index in [4.69, 9.17) is 10.5 Å². The van der Waals surface area contributed by atoms with E-state index in [1.807, 2.05) is 33.2 Å². The van der Waals surface area contributed by atoms with E-state index in [-0.39, 0.29) is 5.54 Å². The first-order valence-electron chi connectivity index (χ1n) is 5.51. The highest BCUT2D eigenvalue weighted by atomic mass is 16.5. The van der Waals surface area contributed by atoms with Gasteiger partial charge >= 0.3 is 6.09 Å². The molecule has 0 atom stereocenters. The zero-order chi connectivity index (χ0) is 13.2. The lowest BCUT2D eigenvalue weighted by atomic mass is 9.89. The van der Waals surface area contributed by atoms with Crippen LogP contribution in [0.1, 0.15) is 25.0 Å². The SMILES string of the molecule is Cc1c(OC(N)=O)cccc1C(C)(C)N(C)C. The van der Waals surface area contributed by atoms with Crippen molar-refractivity contribution in [2.75, 3.05) is 14.1 Å². The van der Waals surface area contributed by atoms with Crippen molar-refractivity contribution in [3.05, 3.63) is 29.3 Å². The van der Waals surface area contributed by atoms with Gasteiger partial charge in [-0.15, -0.1) is 0 Å². The zero-order valence-corrected chi connectivity index (χ0v) is 11.1. The number of amides is 1. The summed E-state index contributed by atoms with van der Waals surface area (Å²) in [5, 5.41) is 0. The molecule has 0 aliphatic rings. The van der Waals surface area contributed by atoms with Crippen molar-refractivity contribution in [3.8, 4) is 5.75 Å². The molecule has 94 valence electrons. The average Bonchev–Trinajstić information content (AvgIpc) is 2.20. The summed E-state index contributed by atoms with van der Waals surface area (Å²) in [5.74, 6) is 0.518. The standard InChI is InChI=1S/C13H20N2O2/c1-9-10(13(2,3)15(4)5)7-6-8-11(9)17-12(14)16/h6-8H,1-5H3,(H2,14,16). The van der Waals surface area contributed by atoms with Gasteiger partial charge in [0.1, 0.15) is 5.75 Å². The number of rotatable bonds is 3. The fourth-order valence-corrected chi connectivity index (χ4v) is 1.74. The molecular formula is C13H20N2O2. The molecule has 0 bridgehead atoms. The molecule has 0 heterocycles. The fourth-order valence-electron chi connectivity index (χ4n) is 1.74. The normalized spacial score (nSPS) is 11.6. The Labute approximate surface area is 102 Å². The van der Waals surface area contributed by atoms with E-state index in [1.165, 1.54) is 0 Å². The molecule has 0 aromatic heterocycles. The molecule has 0 aliphatic heterocycles. The van der Waals surface area contributed by atoms with E-state index in [0.29, 0.717) is 5.75 Å². The molecule has 4 nitrogen and oxygen atoms in total. The second kappa shape index (κ2) is 4.75. The van der Waals surface area contributed by atoms with Gasteiger partial charge in [-0.2, -0.15) is 0 Å². The van der Waals surface area contributed by atoms with Crippen LogP contribution in [0.25, 0.3) is 0 Å². The van der Waals surface area contributed by atoms with E-state index in [2.05, 4.69) is 18.7 Å². The van der Waals surface area contributed by atoms with Gasteiger partial charge in [-0.1, -0.05) is 12.1 Å². The number of hydrogen-bond acceptors (Lipinski definition) is 3. The average molecular weight is 236 g/mol.